The van der Waals surface area contributed by atoms with Gasteiger partial charge < -0.3 is 15.3 Å². The number of rotatable bonds is 4. The number of amides is 2. The maximum Gasteiger partial charge on any atom is 0.331 e. The summed E-state index contributed by atoms with van der Waals surface area (Å²) in [6.45, 7) is 0. The number of nitrogens with zero attached hydrogens (tertiary/aromatic N) is 1. The number of carbonyl (C=O) groups excluding carboxylic acids is 2. The van der Waals surface area contributed by atoms with Gasteiger partial charge >= 0.3 is 5.97 Å². The van der Waals surface area contributed by atoms with E-state index in [2.05, 4.69) is 27.9 Å². The van der Waals surface area contributed by atoms with Crippen LogP contribution in [-0.4, -0.2) is 27.8 Å². The monoisotopic (exact) mass is 580 g/mol. The summed E-state index contributed by atoms with van der Waals surface area (Å²) >= 11 is 14.2. The van der Waals surface area contributed by atoms with Crippen molar-refractivity contribution in [1.29, 1.82) is 0 Å². The third kappa shape index (κ3) is 4.32. The Hall–Kier alpha value is -2.62. The van der Waals surface area contributed by atoms with E-state index in [1.54, 1.807) is 60.7 Å². The smallest absolute Gasteiger partial charge is 0.331 e. The van der Waals surface area contributed by atoms with Crippen molar-refractivity contribution in [2.24, 2.45) is 0 Å². The van der Waals surface area contributed by atoms with Crippen molar-refractivity contribution >= 4 is 69.3 Å². The van der Waals surface area contributed by atoms with E-state index >= 15 is 0 Å². The van der Waals surface area contributed by atoms with E-state index < -0.39 is 29.9 Å². The molecule has 2 amide bonds. The van der Waals surface area contributed by atoms with E-state index in [0.29, 0.717) is 21.3 Å². The minimum absolute atomic E-state index is 0.204. The zero-order valence-electron chi connectivity index (χ0n) is 16.3. The van der Waals surface area contributed by atoms with E-state index in [0.717, 1.165) is 8.47 Å². The molecule has 32 heavy (non-hydrogen) atoms. The van der Waals surface area contributed by atoms with Crippen LogP contribution in [0.5, 0.6) is 0 Å². The fraction of sp³-hybridized carbons (Fsp3) is 0.0870. The summed E-state index contributed by atoms with van der Waals surface area (Å²) in [7, 11) is 0. The van der Waals surface area contributed by atoms with Crippen molar-refractivity contribution in [1.82, 2.24) is 4.90 Å². The molecule has 1 aliphatic rings. The van der Waals surface area contributed by atoms with Crippen LogP contribution in [0, 0.1) is 3.57 Å². The molecule has 0 saturated carbocycles. The first-order chi connectivity index (χ1) is 15.3. The minimum atomic E-state index is -1.46. The van der Waals surface area contributed by atoms with Crippen LogP contribution in [0.3, 0.4) is 0 Å². The van der Waals surface area contributed by atoms with Gasteiger partial charge in [-0.3, -0.25) is 9.59 Å². The molecule has 0 aliphatic carbocycles. The molecule has 0 bridgehead atoms. The van der Waals surface area contributed by atoms with Crippen molar-refractivity contribution < 1.29 is 19.5 Å². The molecule has 0 fully saturated rings. The van der Waals surface area contributed by atoms with Gasteiger partial charge in [-0.2, -0.15) is 0 Å². The minimum Gasteiger partial charge on any atom is -0.479 e. The second-order valence-corrected chi connectivity index (χ2v) is 9.26. The second-order valence-electron chi connectivity index (χ2n) is 7.14. The number of carboxylic acids is 1. The number of aliphatic carboxylic acids is 1. The molecule has 4 rings (SSSR count). The van der Waals surface area contributed by atoms with Crippen LogP contribution < -0.4 is 5.32 Å². The predicted octanol–water partition coefficient (Wildman–Crippen LogP) is 5.56. The topological polar surface area (TPSA) is 86.7 Å². The van der Waals surface area contributed by atoms with E-state index in [-0.39, 0.29) is 11.1 Å². The lowest BCUT2D eigenvalue weighted by Gasteiger charge is -2.34. The van der Waals surface area contributed by atoms with Gasteiger partial charge in [0.05, 0.1) is 11.3 Å². The number of carboxylic acid groups (broad SMARTS) is 1. The van der Waals surface area contributed by atoms with Gasteiger partial charge in [-0.05, 0) is 76.2 Å². The maximum absolute atomic E-state index is 13.8. The fourth-order valence-electron chi connectivity index (χ4n) is 3.71. The third-order valence-electron chi connectivity index (χ3n) is 5.09. The predicted molar refractivity (Wildman–Crippen MR) is 130 cm³/mol. The Labute approximate surface area is 207 Å². The van der Waals surface area contributed by atoms with Gasteiger partial charge in [-0.1, -0.05) is 47.5 Å². The maximum atomic E-state index is 13.8. The van der Waals surface area contributed by atoms with Crippen LogP contribution in [-0.2, 0) is 9.59 Å². The molecule has 3 aromatic rings. The molecule has 2 atom stereocenters. The van der Waals surface area contributed by atoms with Gasteiger partial charge in [0.25, 0.3) is 11.8 Å². The quantitative estimate of drug-likeness (QED) is 0.396. The van der Waals surface area contributed by atoms with E-state index in [1.165, 1.54) is 6.07 Å². The van der Waals surface area contributed by atoms with Crippen LogP contribution in [0.1, 0.15) is 33.6 Å². The summed E-state index contributed by atoms with van der Waals surface area (Å²) in [5.41, 5.74) is 1.22. The molecule has 0 radical (unpaired) electrons. The Morgan fingerprint density at radius 2 is 1.72 bits per heavy atom. The van der Waals surface area contributed by atoms with Crippen molar-refractivity contribution in [3.05, 3.63) is 97.0 Å². The molecule has 0 saturated heterocycles. The number of benzene rings is 3. The van der Waals surface area contributed by atoms with Crippen molar-refractivity contribution in [2.75, 3.05) is 5.32 Å². The molecular formula is C23H15Cl2IN2O4. The van der Waals surface area contributed by atoms with Crippen LogP contribution >= 0.6 is 45.8 Å². The van der Waals surface area contributed by atoms with Gasteiger partial charge in [0, 0.05) is 13.6 Å². The average Bonchev–Trinajstić information content (AvgIpc) is 2.84. The first-order valence-electron chi connectivity index (χ1n) is 9.43. The third-order valence-corrected chi connectivity index (χ3v) is 6.25. The Morgan fingerprint density at radius 1 is 1.00 bits per heavy atom. The molecule has 1 aliphatic heterocycles. The van der Waals surface area contributed by atoms with E-state index in [4.69, 9.17) is 23.2 Å². The molecule has 2 unspecified atom stereocenters. The molecule has 6 nitrogen and oxygen atoms in total. The molecule has 2 N–H and O–H groups in total. The SMILES string of the molecule is O=C(O)C(c1cccc(Cl)c1)N1C(=O)c2cc(I)ccc2NC(=O)C1c1ccc(Cl)cc1. The summed E-state index contributed by atoms with van der Waals surface area (Å²) in [5.74, 6) is -2.42. The van der Waals surface area contributed by atoms with Crippen LogP contribution in [0.4, 0.5) is 5.69 Å². The van der Waals surface area contributed by atoms with Crippen molar-refractivity contribution in [2.45, 2.75) is 12.1 Å². The van der Waals surface area contributed by atoms with Crippen LogP contribution in [0.25, 0.3) is 0 Å². The first kappa shape index (κ1) is 22.6. The Kier molecular flexibility index (Phi) is 6.41. The molecular weight excluding hydrogens is 566 g/mol. The Morgan fingerprint density at radius 3 is 2.38 bits per heavy atom. The lowest BCUT2D eigenvalue weighted by Crippen LogP contribution is -2.44. The highest BCUT2D eigenvalue weighted by atomic mass is 127. The summed E-state index contributed by atoms with van der Waals surface area (Å²) in [4.78, 5) is 40.8. The zero-order valence-corrected chi connectivity index (χ0v) is 19.9. The van der Waals surface area contributed by atoms with E-state index in [1.807, 2.05) is 0 Å². The number of hydrogen-bond donors (Lipinski definition) is 2. The molecule has 162 valence electrons. The van der Waals surface area contributed by atoms with Crippen LogP contribution in [0.15, 0.2) is 66.7 Å². The average molecular weight is 581 g/mol. The van der Waals surface area contributed by atoms with Gasteiger partial charge in [-0.25, -0.2) is 4.79 Å². The van der Waals surface area contributed by atoms with Gasteiger partial charge in [0.1, 0.15) is 6.04 Å². The number of hydrogen-bond acceptors (Lipinski definition) is 3. The van der Waals surface area contributed by atoms with Crippen LogP contribution in [0.2, 0.25) is 10.0 Å². The standard InChI is InChI=1S/C23H15Cl2IN2O4/c24-14-6-4-12(5-7-14)19-21(29)27-18-9-8-16(26)11-17(18)22(30)28(19)20(23(31)32)13-2-1-3-15(25)10-13/h1-11,19-20H,(H,27,29)(H,31,32). The first-order valence-corrected chi connectivity index (χ1v) is 11.3. The number of fused-ring (bicyclic) bond motifs is 1. The van der Waals surface area contributed by atoms with Gasteiger partial charge in [0.2, 0.25) is 0 Å². The number of carbonyl (C=O) groups is 3. The lowest BCUT2D eigenvalue weighted by molar-refractivity contribution is -0.144. The van der Waals surface area contributed by atoms with Gasteiger partial charge in [-0.15, -0.1) is 0 Å². The number of anilines is 1. The van der Waals surface area contributed by atoms with E-state index in [9.17, 15) is 19.5 Å². The van der Waals surface area contributed by atoms with Gasteiger partial charge in [0.15, 0.2) is 6.04 Å². The lowest BCUT2D eigenvalue weighted by atomic mass is 9.97. The summed E-state index contributed by atoms with van der Waals surface area (Å²) < 4.78 is 0.767. The number of nitrogens with one attached hydrogen (secondary N) is 1. The summed E-state index contributed by atoms with van der Waals surface area (Å²) in [5, 5.41) is 13.7. The zero-order chi connectivity index (χ0) is 23.0. The van der Waals surface area contributed by atoms with Crippen molar-refractivity contribution in [3.63, 3.8) is 0 Å². The van der Waals surface area contributed by atoms with Crippen molar-refractivity contribution in [3.8, 4) is 0 Å². The molecule has 3 aromatic carbocycles. The Bertz CT molecular complexity index is 1230. The molecule has 0 spiro atoms. The number of halogens is 3. The normalized spacial score (nSPS) is 16.7. The second kappa shape index (κ2) is 9.09. The largest absolute Gasteiger partial charge is 0.479 e. The summed E-state index contributed by atoms with van der Waals surface area (Å²) in [6.07, 6.45) is 0. The fourth-order valence-corrected chi connectivity index (χ4v) is 4.52. The molecule has 9 heteroatoms. The molecule has 1 heterocycles. The highest BCUT2D eigenvalue weighted by molar-refractivity contribution is 14.1. The highest BCUT2D eigenvalue weighted by Gasteiger charge is 2.43. The Balaban J connectivity index is 1.97. The highest BCUT2D eigenvalue weighted by Crippen LogP contribution is 2.38. The summed E-state index contributed by atoms with van der Waals surface area (Å²) in [6, 6.07) is 14.9. The molecule has 0 aromatic heterocycles.